The number of nitrogens with two attached hydrogens (primary N) is 1. The van der Waals surface area contributed by atoms with Crippen LogP contribution in [0.2, 0.25) is 0 Å². The normalized spacial score (nSPS) is 15.6. The number of carbonyl (C=O) groups is 4. The second-order valence-corrected chi connectivity index (χ2v) is 6.21. The van der Waals surface area contributed by atoms with E-state index in [1.165, 1.54) is 6.92 Å². The van der Waals surface area contributed by atoms with Gasteiger partial charge in [0.1, 0.15) is 18.1 Å². The molecule has 10 nitrogen and oxygen atoms in total. The Morgan fingerprint density at radius 2 is 1.48 bits per heavy atom. The number of hydrogen-bond acceptors (Lipinski definition) is 7. The van der Waals surface area contributed by atoms with E-state index in [1.54, 1.807) is 13.8 Å². The van der Waals surface area contributed by atoms with Crippen LogP contribution in [0.5, 0.6) is 0 Å². The van der Waals surface area contributed by atoms with Gasteiger partial charge in [-0.2, -0.15) is 12.6 Å². The standard InChI is InChI=1S/C14H26N4O6S/c1-6(2)10(13(22)16-8(4-19)14(23)24)18-12(21)9(5-25)17-11(20)7(3)15/h6-10,19,25H,4-5,15H2,1-3H3,(H,16,22)(H,17,20)(H,18,21)(H,23,24). The number of carboxylic acids is 1. The SMILES string of the molecule is CC(N)C(=O)NC(CS)C(=O)NC(C(=O)NC(CO)C(=O)O)C(C)C. The van der Waals surface area contributed by atoms with Crippen molar-refractivity contribution < 1.29 is 29.4 Å². The Hall–Kier alpha value is -1.85. The lowest BCUT2D eigenvalue weighted by Crippen LogP contribution is -2.59. The maximum absolute atomic E-state index is 12.3. The van der Waals surface area contributed by atoms with E-state index < -0.39 is 54.5 Å². The molecule has 0 rings (SSSR count). The Balaban J connectivity index is 5.04. The molecule has 0 aromatic rings. The van der Waals surface area contributed by atoms with E-state index in [0.29, 0.717) is 0 Å². The van der Waals surface area contributed by atoms with Crippen molar-refractivity contribution in [2.24, 2.45) is 11.7 Å². The van der Waals surface area contributed by atoms with Gasteiger partial charge in [0.25, 0.3) is 0 Å². The predicted octanol–water partition coefficient (Wildman–Crippen LogP) is -2.55. The second-order valence-electron chi connectivity index (χ2n) is 5.84. The molecule has 3 amide bonds. The molecule has 0 radical (unpaired) electrons. The summed E-state index contributed by atoms with van der Waals surface area (Å²) in [4.78, 5) is 47.0. The first kappa shape index (κ1) is 23.1. The molecule has 0 aliphatic heterocycles. The van der Waals surface area contributed by atoms with Gasteiger partial charge in [-0.05, 0) is 12.8 Å². The summed E-state index contributed by atoms with van der Waals surface area (Å²) in [6.07, 6.45) is 0. The lowest BCUT2D eigenvalue weighted by atomic mass is 10.0. The number of carbonyl (C=O) groups excluding carboxylic acids is 3. The molecule has 0 aliphatic carbocycles. The third-order valence-corrected chi connectivity index (χ3v) is 3.64. The second kappa shape index (κ2) is 10.9. The minimum absolute atomic E-state index is 0.0227. The van der Waals surface area contributed by atoms with E-state index in [1.807, 2.05) is 0 Å². The molecule has 0 aromatic heterocycles. The molecule has 0 saturated heterocycles. The molecule has 0 saturated carbocycles. The summed E-state index contributed by atoms with van der Waals surface area (Å²) < 4.78 is 0. The maximum Gasteiger partial charge on any atom is 0.328 e. The van der Waals surface area contributed by atoms with Gasteiger partial charge in [0.2, 0.25) is 17.7 Å². The fraction of sp³-hybridized carbons (Fsp3) is 0.714. The van der Waals surface area contributed by atoms with Crippen molar-refractivity contribution in [2.45, 2.75) is 44.9 Å². The van der Waals surface area contributed by atoms with Gasteiger partial charge in [-0.3, -0.25) is 14.4 Å². The highest BCUT2D eigenvalue weighted by molar-refractivity contribution is 7.80. The van der Waals surface area contributed by atoms with Gasteiger partial charge in [-0.1, -0.05) is 13.8 Å². The zero-order chi connectivity index (χ0) is 19.7. The molecule has 0 aromatic carbocycles. The lowest BCUT2D eigenvalue weighted by Gasteiger charge is -2.26. The Kier molecular flexibility index (Phi) is 10.1. The molecule has 11 heteroatoms. The lowest BCUT2D eigenvalue weighted by molar-refractivity contribution is -0.143. The zero-order valence-electron chi connectivity index (χ0n) is 14.4. The molecule has 144 valence electrons. The van der Waals surface area contributed by atoms with Crippen molar-refractivity contribution in [3.63, 3.8) is 0 Å². The van der Waals surface area contributed by atoms with E-state index in [2.05, 4.69) is 28.6 Å². The van der Waals surface area contributed by atoms with E-state index in [4.69, 9.17) is 15.9 Å². The number of aliphatic hydroxyl groups is 1. The van der Waals surface area contributed by atoms with Crippen LogP contribution in [-0.4, -0.2) is 70.4 Å². The van der Waals surface area contributed by atoms with Crippen LogP contribution < -0.4 is 21.7 Å². The van der Waals surface area contributed by atoms with Crippen molar-refractivity contribution in [1.29, 1.82) is 0 Å². The third kappa shape index (κ3) is 7.71. The first-order chi connectivity index (χ1) is 11.5. The van der Waals surface area contributed by atoms with Crippen LogP contribution in [0.15, 0.2) is 0 Å². The molecule has 4 atom stereocenters. The fourth-order valence-electron chi connectivity index (χ4n) is 1.73. The molecule has 0 spiro atoms. The van der Waals surface area contributed by atoms with Crippen LogP contribution >= 0.6 is 12.6 Å². The summed E-state index contributed by atoms with van der Waals surface area (Å²) in [6, 6.07) is -4.37. The van der Waals surface area contributed by atoms with Crippen molar-refractivity contribution >= 4 is 36.3 Å². The highest BCUT2D eigenvalue weighted by Crippen LogP contribution is 2.04. The number of aliphatic carboxylic acids is 1. The van der Waals surface area contributed by atoms with Gasteiger partial charge in [-0.15, -0.1) is 0 Å². The van der Waals surface area contributed by atoms with Crippen LogP contribution in [0.1, 0.15) is 20.8 Å². The Morgan fingerprint density at radius 1 is 0.960 bits per heavy atom. The van der Waals surface area contributed by atoms with E-state index in [9.17, 15) is 19.2 Å². The quantitative estimate of drug-likeness (QED) is 0.205. The molecule has 0 aliphatic rings. The average Bonchev–Trinajstić information content (AvgIpc) is 2.53. The minimum Gasteiger partial charge on any atom is -0.480 e. The van der Waals surface area contributed by atoms with Gasteiger partial charge in [0.15, 0.2) is 0 Å². The van der Waals surface area contributed by atoms with E-state index >= 15 is 0 Å². The van der Waals surface area contributed by atoms with Gasteiger partial charge in [0.05, 0.1) is 12.6 Å². The minimum atomic E-state index is -1.48. The Bertz CT molecular complexity index is 500. The van der Waals surface area contributed by atoms with Crippen LogP contribution in [-0.2, 0) is 19.2 Å². The van der Waals surface area contributed by atoms with Crippen LogP contribution in [0.3, 0.4) is 0 Å². The fourth-order valence-corrected chi connectivity index (χ4v) is 1.99. The largest absolute Gasteiger partial charge is 0.480 e. The summed E-state index contributed by atoms with van der Waals surface area (Å²) >= 11 is 3.99. The molecular weight excluding hydrogens is 352 g/mol. The predicted molar refractivity (Wildman–Crippen MR) is 92.9 cm³/mol. The average molecular weight is 378 g/mol. The Morgan fingerprint density at radius 3 is 1.84 bits per heavy atom. The van der Waals surface area contributed by atoms with Crippen molar-refractivity contribution in [1.82, 2.24) is 16.0 Å². The molecule has 7 N–H and O–H groups in total. The summed E-state index contributed by atoms with van der Waals surface area (Å²) in [5.74, 6) is -3.77. The highest BCUT2D eigenvalue weighted by atomic mass is 32.1. The van der Waals surface area contributed by atoms with Gasteiger partial charge in [-0.25, -0.2) is 4.79 Å². The van der Waals surface area contributed by atoms with Crippen LogP contribution in [0.4, 0.5) is 0 Å². The van der Waals surface area contributed by atoms with Crippen LogP contribution in [0, 0.1) is 5.92 Å². The summed E-state index contributed by atoms with van der Waals surface area (Å²) in [6.45, 7) is 3.96. The van der Waals surface area contributed by atoms with Crippen molar-refractivity contribution in [3.05, 3.63) is 0 Å². The van der Waals surface area contributed by atoms with Crippen molar-refractivity contribution in [3.8, 4) is 0 Å². The molecule has 25 heavy (non-hydrogen) atoms. The van der Waals surface area contributed by atoms with Gasteiger partial charge < -0.3 is 31.9 Å². The third-order valence-electron chi connectivity index (χ3n) is 3.27. The number of amides is 3. The van der Waals surface area contributed by atoms with Crippen molar-refractivity contribution in [2.75, 3.05) is 12.4 Å². The summed E-state index contributed by atoms with van der Waals surface area (Å²) in [7, 11) is 0. The number of aliphatic hydroxyl groups excluding tert-OH is 1. The number of thiol groups is 1. The molecule has 0 fully saturated rings. The number of rotatable bonds is 10. The topological polar surface area (TPSA) is 171 Å². The van der Waals surface area contributed by atoms with E-state index in [0.717, 1.165) is 0 Å². The van der Waals surface area contributed by atoms with Gasteiger partial charge >= 0.3 is 5.97 Å². The first-order valence-corrected chi connectivity index (χ1v) is 8.29. The monoisotopic (exact) mass is 378 g/mol. The molecule has 4 unspecified atom stereocenters. The molecule has 0 bridgehead atoms. The number of carboxylic acid groups (broad SMARTS) is 1. The summed E-state index contributed by atoms with van der Waals surface area (Å²) in [5, 5.41) is 24.8. The number of nitrogens with one attached hydrogen (secondary N) is 3. The first-order valence-electron chi connectivity index (χ1n) is 7.66. The Labute approximate surface area is 151 Å². The van der Waals surface area contributed by atoms with Gasteiger partial charge in [0, 0.05) is 5.75 Å². The molecular formula is C14H26N4O6S. The smallest absolute Gasteiger partial charge is 0.328 e. The van der Waals surface area contributed by atoms with Crippen LogP contribution in [0.25, 0.3) is 0 Å². The number of hydrogen-bond donors (Lipinski definition) is 7. The van der Waals surface area contributed by atoms with E-state index in [-0.39, 0.29) is 11.7 Å². The maximum atomic E-state index is 12.3. The zero-order valence-corrected chi connectivity index (χ0v) is 15.2. The molecule has 0 heterocycles. The highest BCUT2D eigenvalue weighted by Gasteiger charge is 2.30. The summed E-state index contributed by atoms with van der Waals surface area (Å²) in [5.41, 5.74) is 5.42.